The largest absolute Gasteiger partial charge is 0.289 e. The van der Waals surface area contributed by atoms with Crippen molar-refractivity contribution in [3.63, 3.8) is 0 Å². The lowest BCUT2D eigenvalue weighted by atomic mass is 10.1. The summed E-state index contributed by atoms with van der Waals surface area (Å²) in [5, 5.41) is 0.801. The lowest BCUT2D eigenvalue weighted by Gasteiger charge is -1.99. The number of hydrogen-bond acceptors (Lipinski definition) is 2. The Morgan fingerprint density at radius 1 is 0.952 bits per heavy atom. The van der Waals surface area contributed by atoms with Crippen LogP contribution in [0.3, 0.4) is 0 Å². The normalized spacial score (nSPS) is 10.3. The van der Waals surface area contributed by atoms with Gasteiger partial charge in [-0.1, -0.05) is 29.3 Å². The minimum absolute atomic E-state index is 0.0741. The number of ketones is 1. The summed E-state index contributed by atoms with van der Waals surface area (Å²) in [5.74, 6) is -0.211. The Morgan fingerprint density at radius 3 is 2.19 bits per heavy atom. The van der Waals surface area contributed by atoms with E-state index >= 15 is 0 Å². The van der Waals surface area contributed by atoms with E-state index in [1.54, 1.807) is 18.3 Å². The molecule has 3 heteroatoms. The van der Waals surface area contributed by atoms with Crippen LogP contribution in [0, 0.1) is 0 Å². The Bertz CT molecular complexity index is 704. The Hall–Kier alpha value is -2.42. The molecule has 3 nitrogen and oxygen atoms in total. The third kappa shape index (κ3) is 3.19. The zero-order valence-electron chi connectivity index (χ0n) is 12.8. The average Bonchev–Trinajstić information content (AvgIpc) is 2.76. The molecule has 2 rings (SSSR count). The number of rotatable bonds is 3. The van der Waals surface area contributed by atoms with E-state index in [1.807, 2.05) is 52.0 Å². The summed E-state index contributed by atoms with van der Waals surface area (Å²) in [6.45, 7) is 7.51. The van der Waals surface area contributed by atoms with Gasteiger partial charge < -0.3 is 0 Å². The lowest BCUT2D eigenvalue weighted by Crippen LogP contribution is -2.06. The molecule has 0 amide bonds. The van der Waals surface area contributed by atoms with Gasteiger partial charge in [0.05, 0.1) is 5.52 Å². The minimum Gasteiger partial charge on any atom is -0.289 e. The third-order valence-electron chi connectivity index (χ3n) is 3.05. The predicted octanol–water partition coefficient (Wildman–Crippen LogP) is 4.40. The van der Waals surface area contributed by atoms with Gasteiger partial charge >= 0.3 is 0 Å². The van der Waals surface area contributed by atoms with Crippen molar-refractivity contribution in [2.45, 2.75) is 27.7 Å². The van der Waals surface area contributed by atoms with E-state index in [0.717, 1.165) is 22.0 Å². The van der Waals surface area contributed by atoms with Crippen LogP contribution in [0.1, 0.15) is 42.8 Å². The fourth-order valence-corrected chi connectivity index (χ4v) is 2.21. The molecule has 1 aromatic carbocycles. The highest BCUT2D eigenvalue weighted by molar-refractivity contribution is 6.15. The van der Waals surface area contributed by atoms with E-state index in [0.29, 0.717) is 5.56 Å². The van der Waals surface area contributed by atoms with Gasteiger partial charge in [0.15, 0.2) is 5.78 Å². The second-order valence-electron chi connectivity index (χ2n) is 5.58. The van der Waals surface area contributed by atoms with Gasteiger partial charge in [-0.3, -0.25) is 14.2 Å². The molecule has 0 aliphatic rings. The lowest BCUT2D eigenvalue weighted by molar-refractivity contribution is 0.0973. The number of benzene rings is 1. The van der Waals surface area contributed by atoms with E-state index in [4.69, 9.17) is 0 Å². The fourth-order valence-electron chi connectivity index (χ4n) is 2.21. The van der Waals surface area contributed by atoms with E-state index < -0.39 is 0 Å². The summed E-state index contributed by atoms with van der Waals surface area (Å²) in [5.41, 5.74) is 3.18. The van der Waals surface area contributed by atoms with Crippen molar-refractivity contribution in [3.05, 3.63) is 59.3 Å². The fraction of sp³-hybridized carbons (Fsp3) is 0.222. The number of fused-ring (bicyclic) bond motifs is 1. The summed E-state index contributed by atoms with van der Waals surface area (Å²) < 4.78 is 1.54. The van der Waals surface area contributed by atoms with Gasteiger partial charge in [-0.25, -0.2) is 0 Å². The summed E-state index contributed by atoms with van der Waals surface area (Å²) in [6.07, 6.45) is 4.80. The van der Waals surface area contributed by atoms with Crippen LogP contribution in [-0.4, -0.2) is 16.3 Å². The average molecular weight is 281 g/mol. The first-order chi connectivity index (χ1) is 9.90. The number of carbonyl (C=O) groups excluding carboxylic acids is 2. The first-order valence-corrected chi connectivity index (χ1v) is 6.88. The van der Waals surface area contributed by atoms with Gasteiger partial charge in [0.1, 0.15) is 0 Å². The molecule has 0 atom stereocenters. The molecule has 108 valence electrons. The van der Waals surface area contributed by atoms with Crippen LogP contribution >= 0.6 is 0 Å². The number of para-hydroxylation sites is 1. The van der Waals surface area contributed by atoms with Crippen LogP contribution in [0.4, 0.5) is 0 Å². The summed E-state index contributed by atoms with van der Waals surface area (Å²) in [4.78, 5) is 24.6. The van der Waals surface area contributed by atoms with Crippen molar-refractivity contribution in [2.75, 3.05) is 0 Å². The molecule has 1 heterocycles. The van der Waals surface area contributed by atoms with Crippen molar-refractivity contribution < 1.29 is 9.59 Å². The summed E-state index contributed by atoms with van der Waals surface area (Å²) >= 11 is 0. The number of carbonyl (C=O) groups is 2. The van der Waals surface area contributed by atoms with E-state index in [2.05, 4.69) is 0 Å². The van der Waals surface area contributed by atoms with Crippen LogP contribution in [0.25, 0.3) is 10.9 Å². The molecule has 0 spiro atoms. The van der Waals surface area contributed by atoms with Gasteiger partial charge in [-0.05, 0) is 39.8 Å². The molecule has 0 unspecified atom stereocenters. The molecule has 1 aromatic heterocycles. The van der Waals surface area contributed by atoms with Crippen molar-refractivity contribution in [1.29, 1.82) is 0 Å². The molecule has 0 bridgehead atoms. The monoisotopic (exact) mass is 281 g/mol. The highest BCUT2D eigenvalue weighted by Gasteiger charge is 2.15. The highest BCUT2D eigenvalue weighted by Crippen LogP contribution is 2.22. The second-order valence-corrected chi connectivity index (χ2v) is 5.58. The van der Waals surface area contributed by atoms with Crippen molar-refractivity contribution >= 4 is 22.6 Å². The first kappa shape index (κ1) is 15.0. The number of allylic oxidation sites excluding steroid dienone is 4. The maximum Gasteiger partial charge on any atom is 0.255 e. The predicted molar refractivity (Wildman–Crippen MR) is 85.8 cm³/mol. The Morgan fingerprint density at radius 2 is 1.57 bits per heavy atom. The van der Waals surface area contributed by atoms with Gasteiger partial charge in [-0.2, -0.15) is 0 Å². The maximum atomic E-state index is 12.3. The van der Waals surface area contributed by atoms with Crippen molar-refractivity contribution in [1.82, 2.24) is 4.57 Å². The molecule has 2 aromatic rings. The Balaban J connectivity index is 2.65. The number of hydrogen-bond donors (Lipinski definition) is 0. The van der Waals surface area contributed by atoms with Crippen LogP contribution in [0.15, 0.2) is 53.8 Å². The quantitative estimate of drug-likeness (QED) is 0.618. The van der Waals surface area contributed by atoms with Gasteiger partial charge in [0.2, 0.25) is 0 Å². The molecule has 0 fully saturated rings. The van der Waals surface area contributed by atoms with Crippen LogP contribution < -0.4 is 0 Å². The van der Waals surface area contributed by atoms with E-state index in [1.165, 1.54) is 4.57 Å². The summed E-state index contributed by atoms with van der Waals surface area (Å²) in [6, 6.07) is 7.46. The molecule has 21 heavy (non-hydrogen) atoms. The molecular formula is C18H19NO2. The molecule has 0 N–H and O–H groups in total. The van der Waals surface area contributed by atoms with Crippen LogP contribution in [-0.2, 0) is 0 Å². The summed E-state index contributed by atoms with van der Waals surface area (Å²) in [7, 11) is 0. The smallest absolute Gasteiger partial charge is 0.255 e. The van der Waals surface area contributed by atoms with Crippen molar-refractivity contribution in [3.8, 4) is 0 Å². The number of nitrogens with zero attached hydrogens (tertiary/aromatic N) is 1. The van der Waals surface area contributed by atoms with Gasteiger partial charge in [-0.15, -0.1) is 0 Å². The zero-order valence-corrected chi connectivity index (χ0v) is 12.8. The first-order valence-electron chi connectivity index (χ1n) is 6.88. The SMILES string of the molecule is CC(C)=CC(=O)c1cn(C(=O)C=C(C)C)c2ccccc12. The maximum absolute atomic E-state index is 12.3. The molecular weight excluding hydrogens is 262 g/mol. The molecule has 0 aliphatic heterocycles. The molecule has 0 saturated carbocycles. The molecule has 0 radical (unpaired) electrons. The van der Waals surface area contributed by atoms with Crippen LogP contribution in [0.5, 0.6) is 0 Å². The third-order valence-corrected chi connectivity index (χ3v) is 3.05. The zero-order chi connectivity index (χ0) is 15.6. The van der Waals surface area contributed by atoms with Crippen LogP contribution in [0.2, 0.25) is 0 Å². The van der Waals surface area contributed by atoms with Gasteiger partial charge in [0, 0.05) is 23.2 Å². The minimum atomic E-state index is -0.137. The molecule has 0 aliphatic carbocycles. The van der Waals surface area contributed by atoms with E-state index in [-0.39, 0.29) is 11.7 Å². The molecule has 0 saturated heterocycles. The standard InChI is InChI=1S/C18H19NO2/c1-12(2)9-17(20)15-11-19(18(21)10-13(3)4)16-8-6-5-7-14(15)16/h5-11H,1-4H3. The van der Waals surface area contributed by atoms with Gasteiger partial charge in [0.25, 0.3) is 5.91 Å². The van der Waals surface area contributed by atoms with Crippen molar-refractivity contribution in [2.24, 2.45) is 0 Å². The Kier molecular flexibility index (Phi) is 4.22. The highest BCUT2D eigenvalue weighted by atomic mass is 16.2. The number of aromatic nitrogens is 1. The Labute approximate surface area is 124 Å². The van der Waals surface area contributed by atoms with E-state index in [9.17, 15) is 9.59 Å². The topological polar surface area (TPSA) is 39.1 Å². The second kappa shape index (κ2) is 5.92.